The zero-order chi connectivity index (χ0) is 12.0. The van der Waals surface area contributed by atoms with E-state index in [9.17, 15) is 4.39 Å². The highest BCUT2D eigenvalue weighted by atomic mass is 79.9. The molecule has 2 nitrogen and oxygen atoms in total. The molecule has 90 valence electrons. The average molecular weight is 290 g/mol. The van der Waals surface area contributed by atoms with E-state index in [2.05, 4.69) is 35.1 Å². The second kappa shape index (κ2) is 6.86. The Morgan fingerprint density at radius 2 is 2.19 bits per heavy atom. The van der Waals surface area contributed by atoms with Crippen molar-refractivity contribution in [3.8, 4) is 5.75 Å². The zero-order valence-corrected chi connectivity index (χ0v) is 11.2. The topological polar surface area (TPSA) is 21.3 Å². The van der Waals surface area contributed by atoms with E-state index in [1.165, 1.54) is 6.07 Å². The third-order valence-corrected chi connectivity index (χ3v) is 2.64. The summed E-state index contributed by atoms with van der Waals surface area (Å²) in [5, 5.41) is 3.30. The first-order chi connectivity index (χ1) is 7.59. The molecule has 0 aromatic heterocycles. The minimum Gasteiger partial charge on any atom is -0.494 e. The highest BCUT2D eigenvalue weighted by Gasteiger charge is 2.00. The number of benzene rings is 1. The maximum absolute atomic E-state index is 12.9. The Bertz CT molecular complexity index is 331. The van der Waals surface area contributed by atoms with Gasteiger partial charge in [-0.2, -0.15) is 0 Å². The van der Waals surface area contributed by atoms with Gasteiger partial charge < -0.3 is 10.1 Å². The molecule has 0 spiro atoms. The van der Waals surface area contributed by atoms with Crippen LogP contribution in [0.25, 0.3) is 0 Å². The van der Waals surface area contributed by atoms with E-state index in [0.717, 1.165) is 13.0 Å². The molecule has 0 atom stereocenters. The third kappa shape index (κ3) is 4.94. The molecular formula is C12H17BrFNO. The maximum Gasteiger partial charge on any atom is 0.137 e. The van der Waals surface area contributed by atoms with Crippen molar-refractivity contribution in [1.82, 2.24) is 5.32 Å². The van der Waals surface area contributed by atoms with E-state index in [4.69, 9.17) is 4.74 Å². The molecule has 0 unspecified atom stereocenters. The van der Waals surface area contributed by atoms with Gasteiger partial charge in [0.15, 0.2) is 0 Å². The van der Waals surface area contributed by atoms with Gasteiger partial charge in [-0.15, -0.1) is 0 Å². The van der Waals surface area contributed by atoms with Gasteiger partial charge in [0, 0.05) is 6.04 Å². The molecule has 0 fully saturated rings. The number of hydrogen-bond donors (Lipinski definition) is 1. The molecule has 0 saturated heterocycles. The van der Waals surface area contributed by atoms with Crippen LogP contribution in [0.1, 0.15) is 20.3 Å². The van der Waals surface area contributed by atoms with E-state index in [1.54, 1.807) is 12.1 Å². The predicted molar refractivity (Wildman–Crippen MR) is 67.4 cm³/mol. The Morgan fingerprint density at radius 3 is 2.81 bits per heavy atom. The van der Waals surface area contributed by atoms with Crippen molar-refractivity contribution in [2.45, 2.75) is 26.3 Å². The lowest BCUT2D eigenvalue weighted by molar-refractivity contribution is 0.305. The van der Waals surface area contributed by atoms with Gasteiger partial charge in [-0.1, -0.05) is 13.8 Å². The fourth-order valence-corrected chi connectivity index (χ4v) is 1.58. The van der Waals surface area contributed by atoms with E-state index < -0.39 is 0 Å². The van der Waals surface area contributed by atoms with Gasteiger partial charge in [0.1, 0.15) is 11.6 Å². The van der Waals surface area contributed by atoms with E-state index in [1.807, 2.05) is 0 Å². The SMILES string of the molecule is CC(C)NCCCOc1ccc(F)c(Br)c1. The van der Waals surface area contributed by atoms with E-state index >= 15 is 0 Å². The van der Waals surface area contributed by atoms with Gasteiger partial charge in [0.2, 0.25) is 0 Å². The fourth-order valence-electron chi connectivity index (χ4n) is 1.22. The summed E-state index contributed by atoms with van der Waals surface area (Å²) in [5.41, 5.74) is 0. The molecule has 1 aromatic carbocycles. The fraction of sp³-hybridized carbons (Fsp3) is 0.500. The summed E-state index contributed by atoms with van der Waals surface area (Å²) in [6.07, 6.45) is 0.938. The average Bonchev–Trinajstić information content (AvgIpc) is 2.22. The van der Waals surface area contributed by atoms with Crippen LogP contribution in [0.5, 0.6) is 5.75 Å². The van der Waals surface area contributed by atoms with Gasteiger partial charge in [0.25, 0.3) is 0 Å². The highest BCUT2D eigenvalue weighted by molar-refractivity contribution is 9.10. The molecule has 0 radical (unpaired) electrons. The van der Waals surface area contributed by atoms with Crippen LogP contribution in [0, 0.1) is 5.82 Å². The van der Waals surface area contributed by atoms with Crippen LogP contribution in [-0.2, 0) is 0 Å². The molecule has 0 amide bonds. The summed E-state index contributed by atoms with van der Waals surface area (Å²) in [6, 6.07) is 5.17. The van der Waals surface area contributed by atoms with Gasteiger partial charge in [0.05, 0.1) is 11.1 Å². The van der Waals surface area contributed by atoms with Gasteiger partial charge in [-0.3, -0.25) is 0 Å². The van der Waals surface area contributed by atoms with E-state index in [-0.39, 0.29) is 5.82 Å². The standard InChI is InChI=1S/C12H17BrFNO/c1-9(2)15-6-3-7-16-10-4-5-12(14)11(13)8-10/h4-5,8-9,15H,3,6-7H2,1-2H3. The summed E-state index contributed by atoms with van der Waals surface area (Å²) >= 11 is 3.12. The molecule has 0 heterocycles. The lowest BCUT2D eigenvalue weighted by Crippen LogP contribution is -2.24. The Kier molecular flexibility index (Phi) is 5.77. The Balaban J connectivity index is 2.24. The molecular weight excluding hydrogens is 273 g/mol. The smallest absolute Gasteiger partial charge is 0.137 e. The highest BCUT2D eigenvalue weighted by Crippen LogP contribution is 2.21. The third-order valence-electron chi connectivity index (χ3n) is 2.03. The summed E-state index contributed by atoms with van der Waals surface area (Å²) < 4.78 is 18.8. The number of hydrogen-bond acceptors (Lipinski definition) is 2. The largest absolute Gasteiger partial charge is 0.494 e. The van der Waals surface area contributed by atoms with Crippen molar-refractivity contribution in [2.75, 3.05) is 13.2 Å². The molecule has 0 saturated carbocycles. The second-order valence-electron chi connectivity index (χ2n) is 3.89. The Morgan fingerprint density at radius 1 is 1.44 bits per heavy atom. The van der Waals surface area contributed by atoms with Gasteiger partial charge >= 0.3 is 0 Å². The minimum atomic E-state index is -0.270. The van der Waals surface area contributed by atoms with Crippen LogP contribution in [0.15, 0.2) is 22.7 Å². The van der Waals surface area contributed by atoms with Crippen molar-refractivity contribution < 1.29 is 9.13 Å². The summed E-state index contributed by atoms with van der Waals surface area (Å²) in [4.78, 5) is 0. The molecule has 1 N–H and O–H groups in total. The predicted octanol–water partition coefficient (Wildman–Crippen LogP) is 3.36. The molecule has 1 rings (SSSR count). The number of ether oxygens (including phenoxy) is 1. The van der Waals surface area contributed by atoms with Crippen molar-refractivity contribution in [2.24, 2.45) is 0 Å². The van der Waals surface area contributed by atoms with Crippen LogP contribution in [0.4, 0.5) is 4.39 Å². The quantitative estimate of drug-likeness (QED) is 0.811. The molecule has 0 aliphatic carbocycles. The molecule has 0 aliphatic heterocycles. The molecule has 16 heavy (non-hydrogen) atoms. The molecule has 4 heteroatoms. The number of nitrogens with one attached hydrogen (secondary N) is 1. The van der Waals surface area contributed by atoms with E-state index in [0.29, 0.717) is 22.9 Å². The van der Waals surface area contributed by atoms with Crippen molar-refractivity contribution in [3.05, 3.63) is 28.5 Å². The van der Waals surface area contributed by atoms with Crippen molar-refractivity contribution in [3.63, 3.8) is 0 Å². The van der Waals surface area contributed by atoms with Gasteiger partial charge in [-0.05, 0) is 47.1 Å². The van der Waals surface area contributed by atoms with Crippen molar-refractivity contribution in [1.29, 1.82) is 0 Å². The summed E-state index contributed by atoms with van der Waals surface area (Å²) in [7, 11) is 0. The summed E-state index contributed by atoms with van der Waals surface area (Å²) in [5.74, 6) is 0.423. The first-order valence-electron chi connectivity index (χ1n) is 5.41. The molecule has 1 aromatic rings. The second-order valence-corrected chi connectivity index (χ2v) is 4.74. The van der Waals surface area contributed by atoms with Crippen LogP contribution in [-0.4, -0.2) is 19.2 Å². The normalized spacial score (nSPS) is 10.8. The Hall–Kier alpha value is -0.610. The summed E-state index contributed by atoms with van der Waals surface area (Å²) in [6.45, 7) is 5.79. The molecule has 0 bridgehead atoms. The monoisotopic (exact) mass is 289 g/mol. The van der Waals surface area contributed by atoms with Crippen molar-refractivity contribution >= 4 is 15.9 Å². The van der Waals surface area contributed by atoms with Crippen LogP contribution >= 0.6 is 15.9 Å². The number of halogens is 2. The zero-order valence-electron chi connectivity index (χ0n) is 9.59. The Labute approximate surface area is 104 Å². The lowest BCUT2D eigenvalue weighted by Gasteiger charge is -2.09. The number of rotatable bonds is 6. The molecule has 0 aliphatic rings. The first kappa shape index (κ1) is 13.5. The van der Waals surface area contributed by atoms with Crippen LogP contribution in [0.2, 0.25) is 0 Å². The lowest BCUT2D eigenvalue weighted by atomic mass is 10.3. The minimum absolute atomic E-state index is 0.270. The van der Waals surface area contributed by atoms with Gasteiger partial charge in [-0.25, -0.2) is 4.39 Å². The first-order valence-corrected chi connectivity index (χ1v) is 6.20. The van der Waals surface area contributed by atoms with Crippen LogP contribution < -0.4 is 10.1 Å². The maximum atomic E-state index is 12.9. The van der Waals surface area contributed by atoms with Crippen LogP contribution in [0.3, 0.4) is 0 Å².